The molecule has 4 bridgehead atoms. The molecule has 94 valence electrons. The van der Waals surface area contributed by atoms with Crippen molar-refractivity contribution < 1.29 is 9.53 Å². The predicted molar refractivity (Wildman–Crippen MR) is 69.9 cm³/mol. The zero-order chi connectivity index (χ0) is 12.2. The van der Waals surface area contributed by atoms with Crippen LogP contribution in [-0.2, 0) is 9.53 Å². The first-order valence-corrected chi connectivity index (χ1v) is 7.32. The van der Waals surface area contributed by atoms with Crippen molar-refractivity contribution in [2.75, 3.05) is 0 Å². The maximum absolute atomic E-state index is 11.7. The smallest absolute Gasteiger partial charge is 0.333 e. The van der Waals surface area contributed by atoms with E-state index in [1.807, 2.05) is 0 Å². The molecule has 3 unspecified atom stereocenters. The molecule has 4 aliphatic carbocycles. The van der Waals surface area contributed by atoms with Crippen LogP contribution < -0.4 is 0 Å². The lowest BCUT2D eigenvalue weighted by Gasteiger charge is -2.57. The SMILES string of the molecule is C=C(C)C(=O)OC1C2CC3CC(C2)CC1(Br)C3. The van der Waals surface area contributed by atoms with E-state index in [1.165, 1.54) is 32.1 Å². The Hall–Kier alpha value is -0.310. The van der Waals surface area contributed by atoms with Gasteiger partial charge in [-0.15, -0.1) is 0 Å². The zero-order valence-corrected chi connectivity index (χ0v) is 11.8. The van der Waals surface area contributed by atoms with Crippen molar-refractivity contribution in [3.63, 3.8) is 0 Å². The molecule has 0 aliphatic heterocycles. The van der Waals surface area contributed by atoms with E-state index >= 15 is 0 Å². The topological polar surface area (TPSA) is 26.3 Å². The molecule has 3 heteroatoms. The number of ether oxygens (including phenoxy) is 1. The van der Waals surface area contributed by atoms with E-state index in [1.54, 1.807) is 6.92 Å². The summed E-state index contributed by atoms with van der Waals surface area (Å²) < 4.78 is 5.77. The van der Waals surface area contributed by atoms with Crippen LogP contribution in [0.2, 0.25) is 0 Å². The minimum absolute atomic E-state index is 0.0624. The van der Waals surface area contributed by atoms with Crippen LogP contribution in [0.5, 0.6) is 0 Å². The number of carbonyl (C=O) groups excluding carboxylic acids is 1. The van der Waals surface area contributed by atoms with E-state index in [2.05, 4.69) is 22.5 Å². The largest absolute Gasteiger partial charge is 0.457 e. The second-order valence-electron chi connectivity index (χ2n) is 6.25. The van der Waals surface area contributed by atoms with Crippen LogP contribution in [-0.4, -0.2) is 16.4 Å². The van der Waals surface area contributed by atoms with Crippen molar-refractivity contribution in [3.05, 3.63) is 12.2 Å². The van der Waals surface area contributed by atoms with Gasteiger partial charge in [0.1, 0.15) is 6.10 Å². The van der Waals surface area contributed by atoms with Gasteiger partial charge in [0.25, 0.3) is 0 Å². The maximum atomic E-state index is 11.7. The van der Waals surface area contributed by atoms with Crippen molar-refractivity contribution >= 4 is 21.9 Å². The third-order valence-corrected chi connectivity index (χ3v) is 5.81. The Kier molecular flexibility index (Phi) is 2.66. The Morgan fingerprint density at radius 2 is 1.88 bits per heavy atom. The summed E-state index contributed by atoms with van der Waals surface area (Å²) in [5, 5.41) is 0. The molecule has 4 rings (SSSR count). The van der Waals surface area contributed by atoms with E-state index in [0.29, 0.717) is 11.5 Å². The molecule has 4 saturated carbocycles. The van der Waals surface area contributed by atoms with Crippen molar-refractivity contribution in [1.29, 1.82) is 0 Å². The minimum atomic E-state index is -0.221. The summed E-state index contributed by atoms with van der Waals surface area (Å²) in [4.78, 5) is 11.7. The lowest BCUT2D eigenvalue weighted by molar-refractivity contribution is -0.161. The number of hydrogen-bond acceptors (Lipinski definition) is 2. The Morgan fingerprint density at radius 1 is 1.29 bits per heavy atom. The maximum Gasteiger partial charge on any atom is 0.333 e. The van der Waals surface area contributed by atoms with Gasteiger partial charge in [-0.2, -0.15) is 0 Å². The number of alkyl halides is 1. The molecule has 2 nitrogen and oxygen atoms in total. The fourth-order valence-corrected chi connectivity index (χ4v) is 5.70. The summed E-state index contributed by atoms with van der Waals surface area (Å²) in [6.07, 6.45) is 6.31. The Bertz CT molecular complexity index is 362. The van der Waals surface area contributed by atoms with Crippen molar-refractivity contribution in [1.82, 2.24) is 0 Å². The van der Waals surface area contributed by atoms with E-state index in [4.69, 9.17) is 4.74 Å². The van der Waals surface area contributed by atoms with E-state index < -0.39 is 0 Å². The highest BCUT2D eigenvalue weighted by Crippen LogP contribution is 2.60. The quantitative estimate of drug-likeness (QED) is 0.443. The zero-order valence-electron chi connectivity index (χ0n) is 10.2. The monoisotopic (exact) mass is 298 g/mol. The van der Waals surface area contributed by atoms with Gasteiger partial charge in [0.15, 0.2) is 0 Å². The lowest BCUT2D eigenvalue weighted by atomic mass is 9.55. The van der Waals surface area contributed by atoms with Gasteiger partial charge in [-0.1, -0.05) is 22.5 Å². The van der Waals surface area contributed by atoms with Crippen LogP contribution >= 0.6 is 15.9 Å². The first-order chi connectivity index (χ1) is 7.98. The van der Waals surface area contributed by atoms with Crippen molar-refractivity contribution in [2.24, 2.45) is 17.8 Å². The summed E-state index contributed by atoms with van der Waals surface area (Å²) in [7, 11) is 0. The molecule has 0 saturated heterocycles. The van der Waals surface area contributed by atoms with Crippen LogP contribution in [0.4, 0.5) is 0 Å². The van der Waals surface area contributed by atoms with Crippen molar-refractivity contribution in [2.45, 2.75) is 49.5 Å². The Balaban J connectivity index is 1.80. The molecule has 0 aromatic rings. The molecular weight excluding hydrogens is 280 g/mol. The van der Waals surface area contributed by atoms with Gasteiger partial charge in [0.05, 0.1) is 4.32 Å². The highest BCUT2D eigenvalue weighted by Gasteiger charge is 2.57. The summed E-state index contributed by atoms with van der Waals surface area (Å²) in [5.41, 5.74) is 0.509. The molecule has 4 fully saturated rings. The molecule has 4 aliphatic rings. The molecule has 0 aromatic carbocycles. The van der Waals surface area contributed by atoms with Gasteiger partial charge in [0, 0.05) is 5.57 Å². The minimum Gasteiger partial charge on any atom is -0.457 e. The summed E-state index contributed by atoms with van der Waals surface area (Å²) in [5.74, 6) is 2.06. The van der Waals surface area contributed by atoms with E-state index in [-0.39, 0.29) is 16.4 Å². The third-order valence-electron chi connectivity index (χ3n) is 4.72. The highest BCUT2D eigenvalue weighted by molar-refractivity contribution is 9.10. The Morgan fingerprint density at radius 3 is 2.35 bits per heavy atom. The average molecular weight is 299 g/mol. The van der Waals surface area contributed by atoms with Crippen molar-refractivity contribution in [3.8, 4) is 0 Å². The van der Waals surface area contributed by atoms with E-state index in [9.17, 15) is 4.79 Å². The molecule has 0 aromatic heterocycles. The third kappa shape index (κ3) is 1.87. The fourth-order valence-electron chi connectivity index (χ4n) is 4.31. The molecular formula is C14H19BrO2. The Labute approximate surface area is 111 Å². The van der Waals surface area contributed by atoms with Crippen LogP contribution in [0.1, 0.15) is 39.0 Å². The number of halogens is 1. The number of carbonyl (C=O) groups is 1. The van der Waals surface area contributed by atoms with Gasteiger partial charge in [-0.25, -0.2) is 4.79 Å². The number of rotatable bonds is 2. The second-order valence-corrected chi connectivity index (χ2v) is 7.83. The molecule has 0 N–H and O–H groups in total. The summed E-state index contributed by atoms with van der Waals surface area (Å²) in [6.45, 7) is 5.39. The van der Waals surface area contributed by atoms with Crippen LogP contribution in [0.3, 0.4) is 0 Å². The summed E-state index contributed by atoms with van der Waals surface area (Å²) in [6, 6.07) is 0. The number of hydrogen-bond donors (Lipinski definition) is 0. The van der Waals surface area contributed by atoms with Gasteiger partial charge in [0.2, 0.25) is 0 Å². The van der Waals surface area contributed by atoms with Crippen LogP contribution in [0, 0.1) is 17.8 Å². The molecule has 0 amide bonds. The molecule has 0 heterocycles. The van der Waals surface area contributed by atoms with E-state index in [0.717, 1.165) is 11.8 Å². The standard InChI is InChI=1S/C14H19BrO2/c1-8(2)13(16)17-12-11-4-9-3-10(5-11)7-14(12,15)6-9/h9-12H,1,3-7H2,2H3. The van der Waals surface area contributed by atoms with Gasteiger partial charge < -0.3 is 4.74 Å². The fraction of sp³-hybridized carbons (Fsp3) is 0.786. The average Bonchev–Trinajstić information content (AvgIpc) is 2.21. The predicted octanol–water partition coefficient (Wildman–Crippen LogP) is 3.45. The second kappa shape index (κ2) is 3.84. The first-order valence-electron chi connectivity index (χ1n) is 6.53. The highest BCUT2D eigenvalue weighted by atomic mass is 79.9. The number of esters is 1. The molecule has 3 atom stereocenters. The lowest BCUT2D eigenvalue weighted by Crippen LogP contribution is -2.58. The molecule has 0 spiro atoms. The first kappa shape index (κ1) is 11.8. The molecule has 0 radical (unpaired) electrons. The summed E-state index contributed by atoms with van der Waals surface area (Å²) >= 11 is 3.89. The van der Waals surface area contributed by atoms with Gasteiger partial charge in [-0.05, 0) is 56.8 Å². The van der Waals surface area contributed by atoms with Crippen LogP contribution in [0.15, 0.2) is 12.2 Å². The normalized spacial score (nSPS) is 46.9. The molecule has 17 heavy (non-hydrogen) atoms. The van der Waals surface area contributed by atoms with Gasteiger partial charge in [-0.3, -0.25) is 0 Å². The van der Waals surface area contributed by atoms with Crippen LogP contribution in [0.25, 0.3) is 0 Å². The van der Waals surface area contributed by atoms with Gasteiger partial charge >= 0.3 is 5.97 Å².